The van der Waals surface area contributed by atoms with Gasteiger partial charge in [0.1, 0.15) is 10.7 Å². The summed E-state index contributed by atoms with van der Waals surface area (Å²) >= 11 is 12.4. The number of halogens is 3. The molecule has 6 nitrogen and oxygen atoms in total. The van der Waals surface area contributed by atoms with Gasteiger partial charge in [-0.1, -0.05) is 29.3 Å². The maximum absolute atomic E-state index is 13.8. The van der Waals surface area contributed by atoms with Gasteiger partial charge in [-0.05, 0) is 24.6 Å². The molecule has 0 radical (unpaired) electrons. The summed E-state index contributed by atoms with van der Waals surface area (Å²) < 4.78 is 40.8. The predicted octanol–water partition coefficient (Wildman–Crippen LogP) is 2.43. The SMILES string of the molecule is Cc1c(Cc2ccc(S(=O)(=O)N(C)C)c(Cl)c2)c(Cl)nn1CC(F)=CC[NH3+]. The fourth-order valence-corrected chi connectivity index (χ4v) is 4.26. The highest BCUT2D eigenvalue weighted by Gasteiger charge is 2.21. The highest BCUT2D eigenvalue weighted by atomic mass is 35.5. The monoisotopic (exact) mass is 435 g/mol. The summed E-state index contributed by atoms with van der Waals surface area (Å²) in [4.78, 5) is 0.0387. The molecule has 148 valence electrons. The minimum Gasteiger partial charge on any atom is -0.354 e. The molecule has 0 aliphatic rings. The van der Waals surface area contributed by atoms with E-state index in [1.54, 1.807) is 19.1 Å². The van der Waals surface area contributed by atoms with Crippen LogP contribution in [0.5, 0.6) is 0 Å². The molecule has 0 spiro atoms. The standard InChI is InChI=1S/C17H21Cl2FN4O2S/c1-11-14(17(19)22-24(11)10-13(20)6-7-21)8-12-4-5-16(15(18)9-12)27(25,26)23(2)3/h4-6,9H,7-8,10,21H2,1-3H3/p+1. The predicted molar refractivity (Wildman–Crippen MR) is 104 cm³/mol. The van der Waals surface area contributed by atoms with Gasteiger partial charge >= 0.3 is 0 Å². The molecule has 0 bridgehead atoms. The molecular weight excluding hydrogens is 414 g/mol. The van der Waals surface area contributed by atoms with Crippen LogP contribution in [0.15, 0.2) is 35.0 Å². The van der Waals surface area contributed by atoms with E-state index in [1.807, 2.05) is 0 Å². The molecule has 0 amide bonds. The van der Waals surface area contributed by atoms with E-state index in [-0.39, 0.29) is 27.4 Å². The van der Waals surface area contributed by atoms with E-state index in [0.717, 1.165) is 21.1 Å². The van der Waals surface area contributed by atoms with Crippen molar-refractivity contribution in [3.63, 3.8) is 0 Å². The largest absolute Gasteiger partial charge is 0.354 e. The summed E-state index contributed by atoms with van der Waals surface area (Å²) in [6.45, 7) is 2.15. The Labute approximate surface area is 168 Å². The molecule has 0 aliphatic heterocycles. The van der Waals surface area contributed by atoms with Gasteiger partial charge in [-0.2, -0.15) is 5.10 Å². The van der Waals surface area contributed by atoms with Crippen LogP contribution in [0.2, 0.25) is 10.2 Å². The first-order chi connectivity index (χ1) is 12.6. The van der Waals surface area contributed by atoms with Crippen molar-refractivity contribution >= 4 is 33.2 Å². The fraction of sp³-hybridized carbons (Fsp3) is 0.353. The van der Waals surface area contributed by atoms with Crippen molar-refractivity contribution < 1.29 is 18.5 Å². The van der Waals surface area contributed by atoms with Crippen LogP contribution in [0.4, 0.5) is 4.39 Å². The van der Waals surface area contributed by atoms with E-state index in [9.17, 15) is 12.8 Å². The Morgan fingerprint density at radius 2 is 2.04 bits per heavy atom. The third-order valence-electron chi connectivity index (χ3n) is 4.08. The van der Waals surface area contributed by atoms with Crippen molar-refractivity contribution in [3.05, 3.63) is 57.1 Å². The number of quaternary nitrogens is 1. The highest BCUT2D eigenvalue weighted by Crippen LogP contribution is 2.28. The molecule has 0 atom stereocenters. The number of aromatic nitrogens is 2. The van der Waals surface area contributed by atoms with Crippen molar-refractivity contribution in [2.75, 3.05) is 20.6 Å². The maximum atomic E-state index is 13.8. The summed E-state index contributed by atoms with van der Waals surface area (Å²) in [6.07, 6.45) is 1.78. The van der Waals surface area contributed by atoms with Gasteiger partial charge in [-0.3, -0.25) is 4.68 Å². The summed E-state index contributed by atoms with van der Waals surface area (Å²) in [6, 6.07) is 4.74. The quantitative estimate of drug-likeness (QED) is 0.724. The van der Waals surface area contributed by atoms with Gasteiger partial charge in [0.05, 0.1) is 18.1 Å². The second-order valence-electron chi connectivity index (χ2n) is 6.18. The Balaban J connectivity index is 2.32. The van der Waals surface area contributed by atoms with Crippen molar-refractivity contribution in [3.8, 4) is 0 Å². The molecule has 2 rings (SSSR count). The lowest BCUT2D eigenvalue weighted by molar-refractivity contribution is -0.353. The van der Waals surface area contributed by atoms with E-state index in [4.69, 9.17) is 23.2 Å². The minimum atomic E-state index is -3.62. The second kappa shape index (κ2) is 8.70. The van der Waals surface area contributed by atoms with Crippen LogP contribution in [0.3, 0.4) is 0 Å². The maximum Gasteiger partial charge on any atom is 0.244 e. The van der Waals surface area contributed by atoms with Gasteiger partial charge < -0.3 is 5.73 Å². The van der Waals surface area contributed by atoms with Crippen LogP contribution in [0.25, 0.3) is 0 Å². The average molecular weight is 436 g/mol. The first-order valence-electron chi connectivity index (χ1n) is 8.14. The molecule has 10 heteroatoms. The van der Waals surface area contributed by atoms with Gasteiger partial charge in [0, 0.05) is 37.8 Å². The third kappa shape index (κ3) is 4.89. The Kier molecular flexibility index (Phi) is 7.04. The Morgan fingerprint density at radius 3 is 2.59 bits per heavy atom. The van der Waals surface area contributed by atoms with E-state index >= 15 is 0 Å². The topological polar surface area (TPSA) is 82.8 Å². The smallest absolute Gasteiger partial charge is 0.244 e. The number of hydrogen-bond donors (Lipinski definition) is 1. The molecule has 2 aromatic rings. The zero-order valence-electron chi connectivity index (χ0n) is 15.3. The minimum absolute atomic E-state index is 0.0121. The number of rotatable bonds is 7. The molecule has 1 aromatic carbocycles. The molecule has 0 fully saturated rings. The van der Waals surface area contributed by atoms with Crippen LogP contribution < -0.4 is 5.73 Å². The number of hydrogen-bond acceptors (Lipinski definition) is 3. The van der Waals surface area contributed by atoms with Gasteiger partial charge in [-0.25, -0.2) is 17.1 Å². The molecule has 0 saturated carbocycles. The van der Waals surface area contributed by atoms with Crippen molar-refractivity contribution in [1.29, 1.82) is 0 Å². The van der Waals surface area contributed by atoms with Gasteiger partial charge in [0.2, 0.25) is 10.0 Å². The van der Waals surface area contributed by atoms with Crippen LogP contribution >= 0.6 is 23.2 Å². The Hall–Kier alpha value is -1.45. The van der Waals surface area contributed by atoms with E-state index in [0.29, 0.717) is 13.0 Å². The molecule has 1 heterocycles. The zero-order valence-corrected chi connectivity index (χ0v) is 17.7. The molecule has 0 aliphatic carbocycles. The molecule has 1 aromatic heterocycles. The second-order valence-corrected chi connectivity index (χ2v) is 9.07. The summed E-state index contributed by atoms with van der Waals surface area (Å²) in [5.74, 6) is -0.333. The molecule has 0 unspecified atom stereocenters. The van der Waals surface area contributed by atoms with Gasteiger partial charge in [0.15, 0.2) is 5.15 Å². The highest BCUT2D eigenvalue weighted by molar-refractivity contribution is 7.89. The number of allylic oxidation sites excluding steroid dienone is 1. The third-order valence-corrected chi connectivity index (χ3v) is 6.69. The summed E-state index contributed by atoms with van der Waals surface area (Å²) in [5.41, 5.74) is 5.82. The van der Waals surface area contributed by atoms with E-state index in [2.05, 4.69) is 10.8 Å². The first-order valence-corrected chi connectivity index (χ1v) is 10.3. The van der Waals surface area contributed by atoms with Gasteiger partial charge in [-0.15, -0.1) is 0 Å². The molecule has 27 heavy (non-hydrogen) atoms. The normalized spacial score (nSPS) is 12.8. The van der Waals surface area contributed by atoms with E-state index < -0.39 is 10.0 Å². The van der Waals surface area contributed by atoms with Crippen LogP contribution in [0.1, 0.15) is 16.8 Å². The lowest BCUT2D eigenvalue weighted by atomic mass is 10.1. The van der Waals surface area contributed by atoms with Crippen LogP contribution in [0, 0.1) is 6.92 Å². The molecule has 0 saturated heterocycles. The summed E-state index contributed by atoms with van der Waals surface area (Å²) in [5, 5.41) is 4.58. The van der Waals surface area contributed by atoms with Crippen molar-refractivity contribution in [2.45, 2.75) is 24.8 Å². The van der Waals surface area contributed by atoms with Crippen molar-refractivity contribution in [2.24, 2.45) is 0 Å². The Bertz CT molecular complexity index is 972. The van der Waals surface area contributed by atoms with E-state index in [1.165, 1.54) is 30.9 Å². The average Bonchev–Trinajstić information content (AvgIpc) is 2.82. The lowest BCUT2D eigenvalue weighted by Crippen LogP contribution is -2.49. The zero-order chi connectivity index (χ0) is 20.4. The molecule has 3 N–H and O–H groups in total. The van der Waals surface area contributed by atoms with Crippen LogP contribution in [-0.4, -0.2) is 43.1 Å². The van der Waals surface area contributed by atoms with Crippen LogP contribution in [-0.2, 0) is 23.0 Å². The fourth-order valence-electron chi connectivity index (χ4n) is 2.53. The number of benzene rings is 1. The number of nitrogens with zero attached hydrogens (tertiary/aromatic N) is 3. The Morgan fingerprint density at radius 1 is 1.37 bits per heavy atom. The van der Waals surface area contributed by atoms with Crippen molar-refractivity contribution in [1.82, 2.24) is 14.1 Å². The molecular formula is C17H22Cl2FN4O2S+. The first kappa shape index (κ1) is 21.8. The lowest BCUT2D eigenvalue weighted by Gasteiger charge is -2.13. The van der Waals surface area contributed by atoms with Gasteiger partial charge in [0.25, 0.3) is 0 Å². The number of sulfonamides is 1. The summed E-state index contributed by atoms with van der Waals surface area (Å²) in [7, 11) is -0.735.